The van der Waals surface area contributed by atoms with Gasteiger partial charge in [-0.3, -0.25) is 4.79 Å². The summed E-state index contributed by atoms with van der Waals surface area (Å²) >= 11 is 6.19. The SMILES string of the molecule is Cc1ccc(NC(=O)CNc2cc3c(cc2Cl)OCCO3)cc1. The van der Waals surface area contributed by atoms with Crippen LogP contribution in [-0.2, 0) is 4.79 Å². The second-order valence-electron chi connectivity index (χ2n) is 5.24. The molecule has 23 heavy (non-hydrogen) atoms. The number of anilines is 2. The molecule has 3 rings (SSSR count). The summed E-state index contributed by atoms with van der Waals surface area (Å²) in [4.78, 5) is 12.0. The van der Waals surface area contributed by atoms with Crippen LogP contribution in [0.5, 0.6) is 11.5 Å². The minimum atomic E-state index is -0.153. The van der Waals surface area contributed by atoms with Crippen LogP contribution in [0.1, 0.15) is 5.56 Å². The molecule has 0 bridgehead atoms. The summed E-state index contributed by atoms with van der Waals surface area (Å²) in [6, 6.07) is 11.1. The molecule has 0 saturated carbocycles. The van der Waals surface area contributed by atoms with E-state index in [2.05, 4.69) is 10.6 Å². The van der Waals surface area contributed by atoms with Gasteiger partial charge >= 0.3 is 0 Å². The summed E-state index contributed by atoms with van der Waals surface area (Å²) in [7, 11) is 0. The first-order valence-electron chi connectivity index (χ1n) is 7.31. The molecule has 0 radical (unpaired) electrons. The molecule has 0 aliphatic carbocycles. The van der Waals surface area contributed by atoms with Crippen LogP contribution in [0.25, 0.3) is 0 Å². The van der Waals surface area contributed by atoms with Gasteiger partial charge in [0.2, 0.25) is 5.91 Å². The minimum absolute atomic E-state index is 0.104. The molecular formula is C17H17ClN2O3. The van der Waals surface area contributed by atoms with Gasteiger partial charge in [-0.05, 0) is 19.1 Å². The molecule has 1 aliphatic heterocycles. The minimum Gasteiger partial charge on any atom is -0.486 e. The number of ether oxygens (including phenoxy) is 2. The average molecular weight is 333 g/mol. The van der Waals surface area contributed by atoms with Gasteiger partial charge in [0, 0.05) is 17.8 Å². The Morgan fingerprint density at radius 2 is 1.78 bits per heavy atom. The molecule has 0 atom stereocenters. The first-order valence-corrected chi connectivity index (χ1v) is 7.69. The van der Waals surface area contributed by atoms with Crippen molar-refractivity contribution >= 4 is 28.9 Å². The number of fused-ring (bicyclic) bond motifs is 1. The zero-order valence-electron chi connectivity index (χ0n) is 12.7. The lowest BCUT2D eigenvalue weighted by Gasteiger charge is -2.20. The number of nitrogens with one attached hydrogen (secondary N) is 2. The summed E-state index contributed by atoms with van der Waals surface area (Å²) in [5.41, 5.74) is 2.54. The number of aryl methyl sites for hydroxylation is 1. The van der Waals surface area contributed by atoms with Crippen molar-refractivity contribution in [1.82, 2.24) is 0 Å². The first-order chi connectivity index (χ1) is 11.1. The highest BCUT2D eigenvalue weighted by atomic mass is 35.5. The van der Waals surface area contributed by atoms with Crippen molar-refractivity contribution < 1.29 is 14.3 Å². The predicted octanol–water partition coefficient (Wildman–Crippen LogP) is 3.47. The van der Waals surface area contributed by atoms with E-state index in [0.717, 1.165) is 11.3 Å². The molecule has 0 spiro atoms. The fourth-order valence-electron chi connectivity index (χ4n) is 2.22. The largest absolute Gasteiger partial charge is 0.486 e. The van der Waals surface area contributed by atoms with E-state index in [1.807, 2.05) is 31.2 Å². The van der Waals surface area contributed by atoms with Gasteiger partial charge in [0.25, 0.3) is 0 Å². The maximum atomic E-state index is 12.0. The topological polar surface area (TPSA) is 59.6 Å². The Bertz CT molecular complexity index is 717. The van der Waals surface area contributed by atoms with E-state index in [9.17, 15) is 4.79 Å². The second kappa shape index (κ2) is 6.79. The van der Waals surface area contributed by atoms with E-state index in [0.29, 0.717) is 35.4 Å². The van der Waals surface area contributed by atoms with Crippen LogP contribution in [0.15, 0.2) is 36.4 Å². The van der Waals surface area contributed by atoms with Crippen molar-refractivity contribution in [1.29, 1.82) is 0 Å². The lowest BCUT2D eigenvalue weighted by atomic mass is 10.2. The molecule has 0 aromatic heterocycles. The lowest BCUT2D eigenvalue weighted by Crippen LogP contribution is -2.22. The summed E-state index contributed by atoms with van der Waals surface area (Å²) in [5, 5.41) is 6.32. The zero-order valence-corrected chi connectivity index (χ0v) is 13.4. The van der Waals surface area contributed by atoms with Crippen LogP contribution in [0, 0.1) is 6.92 Å². The van der Waals surface area contributed by atoms with Gasteiger partial charge in [-0.2, -0.15) is 0 Å². The summed E-state index contributed by atoms with van der Waals surface area (Å²) < 4.78 is 11.0. The fraction of sp³-hybridized carbons (Fsp3) is 0.235. The number of carbonyl (C=O) groups is 1. The molecule has 0 unspecified atom stereocenters. The van der Waals surface area contributed by atoms with Crippen LogP contribution < -0.4 is 20.1 Å². The number of benzene rings is 2. The van der Waals surface area contributed by atoms with E-state index in [-0.39, 0.29) is 12.5 Å². The predicted molar refractivity (Wildman–Crippen MR) is 90.7 cm³/mol. The maximum absolute atomic E-state index is 12.0. The monoisotopic (exact) mass is 332 g/mol. The number of carbonyl (C=O) groups excluding carboxylic acids is 1. The van der Waals surface area contributed by atoms with Crippen LogP contribution in [0.4, 0.5) is 11.4 Å². The van der Waals surface area contributed by atoms with E-state index in [1.54, 1.807) is 12.1 Å². The van der Waals surface area contributed by atoms with Crippen molar-refractivity contribution in [2.24, 2.45) is 0 Å². The standard InChI is InChI=1S/C17H17ClN2O3/c1-11-2-4-12(5-3-11)20-17(21)10-19-14-9-16-15(8-13(14)18)22-6-7-23-16/h2-5,8-9,19H,6-7,10H2,1H3,(H,20,21). The highest BCUT2D eigenvalue weighted by Crippen LogP contribution is 2.37. The van der Waals surface area contributed by atoms with Crippen molar-refractivity contribution in [2.45, 2.75) is 6.92 Å². The average Bonchev–Trinajstić information content (AvgIpc) is 2.55. The van der Waals surface area contributed by atoms with Crippen molar-refractivity contribution in [3.63, 3.8) is 0 Å². The Kier molecular flexibility index (Phi) is 4.57. The molecule has 2 aromatic carbocycles. The quantitative estimate of drug-likeness (QED) is 0.900. The fourth-order valence-corrected chi connectivity index (χ4v) is 2.44. The van der Waals surface area contributed by atoms with Crippen LogP contribution >= 0.6 is 11.6 Å². The van der Waals surface area contributed by atoms with Crippen LogP contribution in [-0.4, -0.2) is 25.7 Å². The molecule has 2 aromatic rings. The normalized spacial score (nSPS) is 12.6. The number of amides is 1. The Morgan fingerprint density at radius 1 is 1.13 bits per heavy atom. The zero-order chi connectivity index (χ0) is 16.2. The molecule has 0 saturated heterocycles. The maximum Gasteiger partial charge on any atom is 0.243 e. The van der Waals surface area contributed by atoms with Gasteiger partial charge in [0.15, 0.2) is 11.5 Å². The molecule has 1 aliphatic rings. The molecule has 2 N–H and O–H groups in total. The van der Waals surface area contributed by atoms with Gasteiger partial charge in [-0.25, -0.2) is 0 Å². The van der Waals surface area contributed by atoms with Gasteiger partial charge in [0.1, 0.15) is 13.2 Å². The Morgan fingerprint density at radius 3 is 2.48 bits per heavy atom. The van der Waals surface area contributed by atoms with Gasteiger partial charge in [0.05, 0.1) is 17.3 Å². The molecular weight excluding hydrogens is 316 g/mol. The van der Waals surface area contributed by atoms with E-state index in [1.165, 1.54) is 0 Å². The third kappa shape index (κ3) is 3.87. The second-order valence-corrected chi connectivity index (χ2v) is 5.65. The third-order valence-corrected chi connectivity index (χ3v) is 3.72. The van der Waals surface area contributed by atoms with E-state index in [4.69, 9.17) is 21.1 Å². The smallest absolute Gasteiger partial charge is 0.243 e. The van der Waals surface area contributed by atoms with Gasteiger partial charge in [-0.15, -0.1) is 0 Å². The van der Waals surface area contributed by atoms with Crippen molar-refractivity contribution in [3.05, 3.63) is 47.0 Å². The number of halogens is 1. The Balaban J connectivity index is 1.61. The lowest BCUT2D eigenvalue weighted by molar-refractivity contribution is -0.114. The first kappa shape index (κ1) is 15.5. The molecule has 0 fully saturated rings. The number of hydrogen-bond donors (Lipinski definition) is 2. The highest BCUT2D eigenvalue weighted by molar-refractivity contribution is 6.33. The summed E-state index contributed by atoms with van der Waals surface area (Å²) in [5.74, 6) is 1.10. The van der Waals surface area contributed by atoms with Crippen molar-refractivity contribution in [3.8, 4) is 11.5 Å². The molecule has 1 amide bonds. The molecule has 120 valence electrons. The summed E-state index contributed by atoms with van der Waals surface area (Å²) in [6.07, 6.45) is 0. The molecule has 1 heterocycles. The Labute approximate surface area is 139 Å². The summed E-state index contributed by atoms with van der Waals surface area (Å²) in [6.45, 7) is 3.11. The van der Waals surface area contributed by atoms with Crippen LogP contribution in [0.2, 0.25) is 5.02 Å². The third-order valence-electron chi connectivity index (χ3n) is 3.41. The van der Waals surface area contributed by atoms with E-state index < -0.39 is 0 Å². The Hall–Kier alpha value is -2.40. The van der Waals surface area contributed by atoms with Crippen molar-refractivity contribution in [2.75, 3.05) is 30.4 Å². The van der Waals surface area contributed by atoms with Crippen LogP contribution in [0.3, 0.4) is 0 Å². The molecule has 6 heteroatoms. The number of hydrogen-bond acceptors (Lipinski definition) is 4. The number of rotatable bonds is 4. The molecule has 5 nitrogen and oxygen atoms in total. The van der Waals surface area contributed by atoms with Gasteiger partial charge in [-0.1, -0.05) is 29.3 Å². The van der Waals surface area contributed by atoms with E-state index >= 15 is 0 Å². The van der Waals surface area contributed by atoms with Gasteiger partial charge < -0.3 is 20.1 Å². The highest BCUT2D eigenvalue weighted by Gasteiger charge is 2.15.